The van der Waals surface area contributed by atoms with Crippen LogP contribution in [0.4, 0.5) is 23.0 Å². The second-order valence-corrected chi connectivity index (χ2v) is 8.13. The Balaban J connectivity index is 1.77. The number of hydrogen-bond acceptors (Lipinski definition) is 7. The predicted molar refractivity (Wildman–Crippen MR) is 111 cm³/mol. The first-order valence-electron chi connectivity index (χ1n) is 8.55. The van der Waals surface area contributed by atoms with E-state index in [4.69, 9.17) is 5.73 Å². The lowest BCUT2D eigenvalue weighted by Gasteiger charge is -2.14. The van der Waals surface area contributed by atoms with Crippen LogP contribution < -0.4 is 21.3 Å². The Morgan fingerprint density at radius 3 is 2.25 bits per heavy atom. The zero-order chi connectivity index (χ0) is 20.3. The highest BCUT2D eigenvalue weighted by molar-refractivity contribution is 7.89. The first kappa shape index (κ1) is 19.6. The number of benzene rings is 2. The van der Waals surface area contributed by atoms with Gasteiger partial charge in [0, 0.05) is 5.69 Å². The number of rotatable bonds is 6. The summed E-state index contributed by atoms with van der Waals surface area (Å²) in [6.07, 6.45) is 1.29. The van der Waals surface area contributed by atoms with Crippen molar-refractivity contribution in [3.8, 4) is 0 Å². The Hall–Kier alpha value is -3.17. The van der Waals surface area contributed by atoms with Crippen molar-refractivity contribution >= 4 is 33.0 Å². The standard InChI is InChI=1S/C19H22N6O2S/c1-12-4-8-16(9-5-12)28(26,27)25-24-19-17(20)18(21-11-22-19)23-15-7-6-13(2)14(3)10-15/h4-11,25H,20H2,1-3H3,(H2,21,22,23,24). The van der Waals surface area contributed by atoms with Crippen molar-refractivity contribution in [1.82, 2.24) is 14.8 Å². The van der Waals surface area contributed by atoms with Gasteiger partial charge >= 0.3 is 0 Å². The summed E-state index contributed by atoms with van der Waals surface area (Å²) in [6.45, 7) is 5.92. The fourth-order valence-corrected chi connectivity index (χ4v) is 3.29. The Morgan fingerprint density at radius 1 is 0.893 bits per heavy atom. The molecule has 146 valence electrons. The molecule has 8 nitrogen and oxygen atoms in total. The van der Waals surface area contributed by atoms with Crippen LogP contribution in [0.5, 0.6) is 0 Å². The first-order valence-corrected chi connectivity index (χ1v) is 10.0. The average molecular weight is 398 g/mol. The zero-order valence-electron chi connectivity index (χ0n) is 15.8. The Bertz CT molecular complexity index is 1100. The van der Waals surface area contributed by atoms with Gasteiger partial charge < -0.3 is 11.1 Å². The minimum Gasteiger partial charge on any atom is -0.393 e. The highest BCUT2D eigenvalue weighted by atomic mass is 32.2. The molecule has 2 aromatic carbocycles. The largest absolute Gasteiger partial charge is 0.393 e. The van der Waals surface area contributed by atoms with E-state index in [1.54, 1.807) is 12.1 Å². The molecular formula is C19H22N6O2S. The monoisotopic (exact) mass is 398 g/mol. The molecule has 0 aliphatic rings. The van der Waals surface area contributed by atoms with Crippen LogP contribution in [0.1, 0.15) is 16.7 Å². The lowest BCUT2D eigenvalue weighted by molar-refractivity contribution is 0.587. The molecule has 0 unspecified atom stereocenters. The number of aryl methyl sites for hydroxylation is 3. The molecule has 1 aromatic heterocycles. The van der Waals surface area contributed by atoms with Crippen LogP contribution in [-0.2, 0) is 10.0 Å². The maximum Gasteiger partial charge on any atom is 0.257 e. The summed E-state index contributed by atoms with van der Waals surface area (Å²) < 4.78 is 24.8. The molecular weight excluding hydrogens is 376 g/mol. The van der Waals surface area contributed by atoms with Crippen LogP contribution in [0.2, 0.25) is 0 Å². The summed E-state index contributed by atoms with van der Waals surface area (Å²) in [4.78, 5) is 10.6. The Morgan fingerprint density at radius 2 is 1.57 bits per heavy atom. The third kappa shape index (κ3) is 4.38. The molecule has 3 rings (SSSR count). The van der Waals surface area contributed by atoms with E-state index < -0.39 is 10.0 Å². The summed E-state index contributed by atoms with van der Waals surface area (Å²) in [7, 11) is -3.77. The molecule has 1 heterocycles. The number of aromatic nitrogens is 2. The molecule has 0 aliphatic heterocycles. The van der Waals surface area contributed by atoms with E-state index in [0.717, 1.165) is 16.8 Å². The number of nitrogens with two attached hydrogens (primary N) is 1. The van der Waals surface area contributed by atoms with Crippen LogP contribution in [-0.4, -0.2) is 18.4 Å². The van der Waals surface area contributed by atoms with Gasteiger partial charge in [0.15, 0.2) is 11.6 Å². The smallest absolute Gasteiger partial charge is 0.257 e. The SMILES string of the molecule is Cc1ccc(S(=O)(=O)NNc2ncnc(Nc3ccc(C)c(C)c3)c2N)cc1. The maximum atomic E-state index is 12.4. The Kier molecular flexibility index (Phi) is 5.48. The van der Waals surface area contributed by atoms with Crippen molar-refractivity contribution in [2.75, 3.05) is 16.5 Å². The van der Waals surface area contributed by atoms with Gasteiger partial charge in [-0.3, -0.25) is 5.43 Å². The third-order valence-corrected chi connectivity index (χ3v) is 5.55. The molecule has 5 N–H and O–H groups in total. The topological polar surface area (TPSA) is 122 Å². The molecule has 0 spiro atoms. The minimum absolute atomic E-state index is 0.131. The molecule has 0 fully saturated rings. The van der Waals surface area contributed by atoms with Gasteiger partial charge in [-0.05, 0) is 56.2 Å². The molecule has 0 aliphatic carbocycles. The number of anilines is 4. The van der Waals surface area contributed by atoms with Gasteiger partial charge in [0.2, 0.25) is 0 Å². The van der Waals surface area contributed by atoms with Gasteiger partial charge in [-0.2, -0.15) is 0 Å². The first-order chi connectivity index (χ1) is 13.3. The van der Waals surface area contributed by atoms with Gasteiger partial charge in [0.25, 0.3) is 10.0 Å². The van der Waals surface area contributed by atoms with E-state index in [2.05, 4.69) is 25.5 Å². The van der Waals surface area contributed by atoms with Crippen molar-refractivity contribution in [1.29, 1.82) is 0 Å². The van der Waals surface area contributed by atoms with Crippen molar-refractivity contribution in [2.24, 2.45) is 0 Å². The number of hydrazine groups is 1. The van der Waals surface area contributed by atoms with Gasteiger partial charge in [-0.15, -0.1) is 4.83 Å². The van der Waals surface area contributed by atoms with Crippen molar-refractivity contribution in [2.45, 2.75) is 25.7 Å². The third-order valence-electron chi connectivity index (χ3n) is 4.29. The number of nitrogen functional groups attached to an aromatic ring is 1. The number of nitrogens with zero attached hydrogens (tertiary/aromatic N) is 2. The zero-order valence-corrected chi connectivity index (χ0v) is 16.6. The van der Waals surface area contributed by atoms with Crippen LogP contribution >= 0.6 is 0 Å². The molecule has 0 atom stereocenters. The quantitative estimate of drug-likeness (QED) is 0.471. The molecule has 9 heteroatoms. The van der Waals surface area contributed by atoms with Crippen LogP contribution in [0.25, 0.3) is 0 Å². The summed E-state index contributed by atoms with van der Waals surface area (Å²) >= 11 is 0. The van der Waals surface area contributed by atoms with E-state index >= 15 is 0 Å². The second kappa shape index (κ2) is 7.83. The van der Waals surface area contributed by atoms with Gasteiger partial charge in [0.05, 0.1) is 4.90 Å². The van der Waals surface area contributed by atoms with E-state index in [-0.39, 0.29) is 16.4 Å². The normalized spacial score (nSPS) is 11.2. The molecule has 0 amide bonds. The maximum absolute atomic E-state index is 12.4. The molecule has 0 radical (unpaired) electrons. The molecule has 0 bridgehead atoms. The second-order valence-electron chi connectivity index (χ2n) is 6.45. The van der Waals surface area contributed by atoms with E-state index in [0.29, 0.717) is 5.82 Å². The van der Waals surface area contributed by atoms with E-state index in [9.17, 15) is 8.42 Å². The lowest BCUT2D eigenvalue weighted by Crippen LogP contribution is -2.30. The van der Waals surface area contributed by atoms with Crippen LogP contribution in [0.3, 0.4) is 0 Å². The lowest BCUT2D eigenvalue weighted by atomic mass is 10.1. The molecule has 3 aromatic rings. The summed E-state index contributed by atoms with van der Waals surface area (Å²) in [5.41, 5.74) is 12.9. The van der Waals surface area contributed by atoms with Crippen LogP contribution in [0, 0.1) is 20.8 Å². The molecule has 0 saturated heterocycles. The summed E-state index contributed by atoms with van der Waals surface area (Å²) in [5, 5.41) is 3.12. The fraction of sp³-hybridized carbons (Fsp3) is 0.158. The van der Waals surface area contributed by atoms with Crippen molar-refractivity contribution in [3.63, 3.8) is 0 Å². The average Bonchev–Trinajstić information content (AvgIpc) is 2.66. The summed E-state index contributed by atoms with van der Waals surface area (Å²) in [5.74, 6) is 0.521. The predicted octanol–water partition coefficient (Wildman–Crippen LogP) is 3.03. The van der Waals surface area contributed by atoms with Crippen LogP contribution in [0.15, 0.2) is 53.7 Å². The van der Waals surface area contributed by atoms with E-state index in [1.165, 1.54) is 24.0 Å². The highest BCUT2D eigenvalue weighted by Gasteiger charge is 2.15. The molecule has 28 heavy (non-hydrogen) atoms. The number of hydrogen-bond donors (Lipinski definition) is 4. The summed E-state index contributed by atoms with van der Waals surface area (Å²) in [6, 6.07) is 12.4. The highest BCUT2D eigenvalue weighted by Crippen LogP contribution is 2.26. The minimum atomic E-state index is -3.77. The van der Waals surface area contributed by atoms with Gasteiger partial charge in [-0.1, -0.05) is 23.8 Å². The van der Waals surface area contributed by atoms with Crippen molar-refractivity contribution < 1.29 is 8.42 Å². The van der Waals surface area contributed by atoms with Gasteiger partial charge in [0.1, 0.15) is 12.0 Å². The molecule has 0 saturated carbocycles. The Labute approximate surface area is 164 Å². The number of sulfonamides is 1. The fourth-order valence-electron chi connectivity index (χ4n) is 2.44. The van der Waals surface area contributed by atoms with Crippen molar-refractivity contribution in [3.05, 3.63) is 65.5 Å². The van der Waals surface area contributed by atoms with E-state index in [1.807, 2.05) is 39.0 Å². The van der Waals surface area contributed by atoms with Gasteiger partial charge in [-0.25, -0.2) is 18.4 Å². The number of nitrogens with one attached hydrogen (secondary N) is 3.